The van der Waals surface area contributed by atoms with Crippen LogP contribution in [0.15, 0.2) is 35.3 Å². The van der Waals surface area contributed by atoms with E-state index in [0.717, 1.165) is 32.1 Å². The van der Waals surface area contributed by atoms with Crippen molar-refractivity contribution in [3.63, 3.8) is 0 Å². The molecule has 0 fully saturated rings. The van der Waals surface area contributed by atoms with Gasteiger partial charge in [0, 0.05) is 33.2 Å². The van der Waals surface area contributed by atoms with Crippen molar-refractivity contribution in [3.8, 4) is 0 Å². The molecule has 4 nitrogen and oxygen atoms in total. The van der Waals surface area contributed by atoms with Crippen molar-refractivity contribution in [2.45, 2.75) is 20.4 Å². The molecule has 0 bridgehead atoms. The molecule has 0 aliphatic rings. The van der Waals surface area contributed by atoms with E-state index < -0.39 is 0 Å². The summed E-state index contributed by atoms with van der Waals surface area (Å²) in [5.74, 6) is 1.50. The summed E-state index contributed by atoms with van der Waals surface area (Å²) in [7, 11) is 3.95. The van der Waals surface area contributed by atoms with Gasteiger partial charge in [-0.25, -0.2) is 0 Å². The third-order valence-corrected chi connectivity index (χ3v) is 2.98. The third kappa shape index (κ3) is 7.14. The van der Waals surface area contributed by atoms with E-state index in [1.165, 1.54) is 5.56 Å². The molecule has 0 aliphatic heterocycles. The van der Waals surface area contributed by atoms with Crippen molar-refractivity contribution < 1.29 is 0 Å². The molecule has 0 amide bonds. The number of rotatable bonds is 7. The lowest BCUT2D eigenvalue weighted by molar-refractivity contribution is 0.331. The molecule has 20 heavy (non-hydrogen) atoms. The predicted octanol–water partition coefficient (Wildman–Crippen LogP) is 1.94. The van der Waals surface area contributed by atoms with Gasteiger partial charge in [0.15, 0.2) is 5.96 Å². The van der Waals surface area contributed by atoms with Crippen LogP contribution in [-0.4, -0.2) is 44.6 Å². The molecule has 1 rings (SSSR count). The molecule has 0 atom stereocenters. The summed E-state index contributed by atoms with van der Waals surface area (Å²) in [6.07, 6.45) is 0. The monoisotopic (exact) mass is 276 g/mol. The molecule has 0 saturated carbocycles. The molecule has 1 aromatic carbocycles. The minimum absolute atomic E-state index is 0.620. The minimum Gasteiger partial charge on any atom is -0.356 e. The lowest BCUT2D eigenvalue weighted by Gasteiger charge is -2.18. The van der Waals surface area contributed by atoms with E-state index in [1.54, 1.807) is 0 Å². The maximum absolute atomic E-state index is 4.22. The van der Waals surface area contributed by atoms with Gasteiger partial charge < -0.3 is 15.5 Å². The number of hydrogen-bond donors (Lipinski definition) is 2. The van der Waals surface area contributed by atoms with Crippen LogP contribution in [0.5, 0.6) is 0 Å². The zero-order valence-electron chi connectivity index (χ0n) is 13.2. The number of aliphatic imine (C=N–C) groups is 1. The van der Waals surface area contributed by atoms with E-state index in [4.69, 9.17) is 0 Å². The van der Waals surface area contributed by atoms with Crippen molar-refractivity contribution in [2.75, 3.05) is 33.7 Å². The van der Waals surface area contributed by atoms with Gasteiger partial charge in [0.2, 0.25) is 0 Å². The van der Waals surface area contributed by atoms with Gasteiger partial charge in [-0.15, -0.1) is 0 Å². The van der Waals surface area contributed by atoms with E-state index in [2.05, 4.69) is 71.8 Å². The Kier molecular flexibility index (Phi) is 7.73. The van der Waals surface area contributed by atoms with Crippen LogP contribution >= 0.6 is 0 Å². The Bertz CT molecular complexity index is 387. The van der Waals surface area contributed by atoms with Gasteiger partial charge >= 0.3 is 0 Å². The Hall–Kier alpha value is -1.55. The molecular weight excluding hydrogens is 248 g/mol. The molecule has 2 N–H and O–H groups in total. The molecular formula is C16H28N4. The zero-order chi connectivity index (χ0) is 14.8. The summed E-state index contributed by atoms with van der Waals surface area (Å²) in [6.45, 7) is 8.17. The first-order chi connectivity index (χ1) is 9.61. The fourth-order valence-corrected chi connectivity index (χ4v) is 1.86. The maximum Gasteiger partial charge on any atom is 0.191 e. The van der Waals surface area contributed by atoms with Crippen molar-refractivity contribution in [1.29, 1.82) is 0 Å². The molecule has 112 valence electrons. The van der Waals surface area contributed by atoms with Crippen molar-refractivity contribution in [2.24, 2.45) is 10.9 Å². The van der Waals surface area contributed by atoms with Crippen LogP contribution in [0.3, 0.4) is 0 Å². The first kappa shape index (κ1) is 16.5. The Labute approximate surface area is 123 Å². The number of nitrogens with one attached hydrogen (secondary N) is 2. The van der Waals surface area contributed by atoms with Crippen LogP contribution in [0.1, 0.15) is 19.4 Å². The molecule has 4 heteroatoms. The largest absolute Gasteiger partial charge is 0.356 e. The smallest absolute Gasteiger partial charge is 0.191 e. The summed E-state index contributed by atoms with van der Waals surface area (Å²) >= 11 is 0. The van der Waals surface area contributed by atoms with Crippen LogP contribution in [0, 0.1) is 5.92 Å². The highest BCUT2D eigenvalue weighted by atomic mass is 15.2. The predicted molar refractivity (Wildman–Crippen MR) is 87.0 cm³/mol. The Morgan fingerprint density at radius 2 is 1.90 bits per heavy atom. The number of likely N-dealkylation sites (N-methyl/N-ethyl adjacent to an activating group) is 1. The first-order valence-electron chi connectivity index (χ1n) is 7.28. The fourth-order valence-electron chi connectivity index (χ4n) is 1.86. The first-order valence-corrected chi connectivity index (χ1v) is 7.28. The van der Waals surface area contributed by atoms with Crippen LogP contribution in [0.25, 0.3) is 0 Å². The highest BCUT2D eigenvalue weighted by molar-refractivity contribution is 5.79. The summed E-state index contributed by atoms with van der Waals surface area (Å²) in [5, 5.41) is 6.65. The topological polar surface area (TPSA) is 39.7 Å². The second kappa shape index (κ2) is 9.37. The fraction of sp³-hybridized carbons (Fsp3) is 0.562. The van der Waals surface area contributed by atoms with Crippen molar-refractivity contribution >= 4 is 5.96 Å². The Morgan fingerprint density at radius 3 is 2.50 bits per heavy atom. The summed E-state index contributed by atoms with van der Waals surface area (Å²) in [4.78, 5) is 6.52. The third-order valence-electron chi connectivity index (χ3n) is 2.98. The molecule has 0 aliphatic carbocycles. The second-order valence-electron chi connectivity index (χ2n) is 5.50. The standard InChI is InChI=1S/C16H28N4/c1-14(2)12-19-16(17-3)18-10-11-20(4)13-15-8-6-5-7-9-15/h5-9,14H,10-13H2,1-4H3,(H2,17,18,19). The van der Waals surface area contributed by atoms with E-state index in [1.807, 2.05) is 7.05 Å². The summed E-state index contributed by atoms with van der Waals surface area (Å²) in [6, 6.07) is 10.5. The molecule has 0 unspecified atom stereocenters. The summed E-state index contributed by atoms with van der Waals surface area (Å²) < 4.78 is 0. The number of guanidine groups is 1. The van der Waals surface area contributed by atoms with Crippen LogP contribution in [-0.2, 0) is 6.54 Å². The number of nitrogens with zero attached hydrogens (tertiary/aromatic N) is 2. The molecule has 0 spiro atoms. The Morgan fingerprint density at radius 1 is 1.20 bits per heavy atom. The molecule has 0 aromatic heterocycles. The lowest BCUT2D eigenvalue weighted by Crippen LogP contribution is -2.42. The van der Waals surface area contributed by atoms with Crippen molar-refractivity contribution in [3.05, 3.63) is 35.9 Å². The lowest BCUT2D eigenvalue weighted by atomic mass is 10.2. The van der Waals surface area contributed by atoms with E-state index in [-0.39, 0.29) is 0 Å². The van der Waals surface area contributed by atoms with Crippen molar-refractivity contribution in [1.82, 2.24) is 15.5 Å². The highest BCUT2D eigenvalue weighted by Crippen LogP contribution is 2.01. The van der Waals surface area contributed by atoms with Gasteiger partial charge in [0.25, 0.3) is 0 Å². The van der Waals surface area contributed by atoms with Gasteiger partial charge in [-0.2, -0.15) is 0 Å². The van der Waals surface area contributed by atoms with E-state index in [0.29, 0.717) is 5.92 Å². The van der Waals surface area contributed by atoms with Gasteiger partial charge in [0.1, 0.15) is 0 Å². The highest BCUT2D eigenvalue weighted by Gasteiger charge is 2.02. The van der Waals surface area contributed by atoms with Crippen LogP contribution in [0.2, 0.25) is 0 Å². The molecule has 1 aromatic rings. The number of benzene rings is 1. The zero-order valence-corrected chi connectivity index (χ0v) is 13.2. The number of hydrogen-bond acceptors (Lipinski definition) is 2. The van der Waals surface area contributed by atoms with Crippen LogP contribution in [0.4, 0.5) is 0 Å². The SMILES string of the molecule is CN=C(NCCN(C)Cc1ccccc1)NCC(C)C. The molecule has 0 saturated heterocycles. The van der Waals surface area contributed by atoms with E-state index in [9.17, 15) is 0 Å². The van der Waals surface area contributed by atoms with E-state index >= 15 is 0 Å². The minimum atomic E-state index is 0.620. The maximum atomic E-state index is 4.22. The molecule has 0 heterocycles. The second-order valence-corrected chi connectivity index (χ2v) is 5.50. The van der Waals surface area contributed by atoms with Gasteiger partial charge in [0.05, 0.1) is 0 Å². The summed E-state index contributed by atoms with van der Waals surface area (Å²) in [5.41, 5.74) is 1.34. The average Bonchev–Trinajstić information content (AvgIpc) is 2.43. The van der Waals surface area contributed by atoms with Gasteiger partial charge in [-0.05, 0) is 18.5 Å². The molecule has 0 radical (unpaired) electrons. The van der Waals surface area contributed by atoms with Gasteiger partial charge in [-0.1, -0.05) is 44.2 Å². The average molecular weight is 276 g/mol. The normalized spacial score (nSPS) is 12.0. The Balaban J connectivity index is 2.22. The quantitative estimate of drug-likeness (QED) is 0.590. The van der Waals surface area contributed by atoms with Crippen LogP contribution < -0.4 is 10.6 Å². The van der Waals surface area contributed by atoms with Gasteiger partial charge in [-0.3, -0.25) is 4.99 Å².